The minimum Gasteiger partial charge on any atom is -0.328 e. The molecule has 2 N–H and O–H groups in total. The van der Waals surface area contributed by atoms with E-state index >= 15 is 0 Å². The molecule has 0 fully saturated rings. The molecule has 78 valence electrons. The Bertz CT molecular complexity index is 472. The summed E-state index contributed by atoms with van der Waals surface area (Å²) < 4.78 is 0. The zero-order valence-corrected chi connectivity index (χ0v) is 9.46. The standard InChI is InChI=1S/C13H14ClN/c1-9(15)8-11-6-2-4-10-5-3-7-12(14)13(10)11/h2-7,9H,8,15H2,1H3. The van der Waals surface area contributed by atoms with Crippen molar-refractivity contribution in [2.24, 2.45) is 5.73 Å². The molecule has 0 bridgehead atoms. The van der Waals surface area contributed by atoms with Gasteiger partial charge in [-0.2, -0.15) is 0 Å². The first-order chi connectivity index (χ1) is 7.18. The second kappa shape index (κ2) is 4.21. The van der Waals surface area contributed by atoms with E-state index in [2.05, 4.69) is 24.3 Å². The molecule has 1 atom stereocenters. The Kier molecular flexibility index (Phi) is 2.94. The van der Waals surface area contributed by atoms with Gasteiger partial charge in [0, 0.05) is 16.5 Å². The zero-order chi connectivity index (χ0) is 10.8. The highest BCUT2D eigenvalue weighted by Crippen LogP contribution is 2.27. The summed E-state index contributed by atoms with van der Waals surface area (Å²) in [5.74, 6) is 0. The summed E-state index contributed by atoms with van der Waals surface area (Å²) in [5.41, 5.74) is 7.05. The molecule has 2 rings (SSSR count). The Labute approximate surface area is 94.9 Å². The fourth-order valence-corrected chi connectivity index (χ4v) is 2.19. The van der Waals surface area contributed by atoms with Crippen LogP contribution in [0.2, 0.25) is 5.02 Å². The van der Waals surface area contributed by atoms with Gasteiger partial charge in [-0.1, -0.05) is 41.9 Å². The van der Waals surface area contributed by atoms with Crippen LogP contribution in [0.25, 0.3) is 10.8 Å². The van der Waals surface area contributed by atoms with Crippen molar-refractivity contribution in [1.29, 1.82) is 0 Å². The van der Waals surface area contributed by atoms with E-state index in [-0.39, 0.29) is 6.04 Å². The van der Waals surface area contributed by atoms with Gasteiger partial charge >= 0.3 is 0 Å². The highest BCUT2D eigenvalue weighted by Gasteiger charge is 2.06. The lowest BCUT2D eigenvalue weighted by atomic mass is 10.00. The maximum absolute atomic E-state index is 6.20. The Morgan fingerprint density at radius 3 is 2.53 bits per heavy atom. The van der Waals surface area contributed by atoms with Crippen LogP contribution in [-0.4, -0.2) is 6.04 Å². The van der Waals surface area contributed by atoms with Gasteiger partial charge in [-0.25, -0.2) is 0 Å². The number of benzene rings is 2. The largest absolute Gasteiger partial charge is 0.328 e. The molecular formula is C13H14ClN. The second-order valence-electron chi connectivity index (χ2n) is 3.94. The summed E-state index contributed by atoms with van der Waals surface area (Å²) >= 11 is 6.20. The molecule has 0 radical (unpaired) electrons. The molecule has 0 amide bonds. The molecule has 0 aromatic heterocycles. The zero-order valence-electron chi connectivity index (χ0n) is 8.70. The summed E-state index contributed by atoms with van der Waals surface area (Å²) in [6.45, 7) is 2.01. The molecule has 0 heterocycles. The number of hydrogen-bond acceptors (Lipinski definition) is 1. The van der Waals surface area contributed by atoms with E-state index in [1.807, 2.05) is 19.1 Å². The van der Waals surface area contributed by atoms with Crippen molar-refractivity contribution in [1.82, 2.24) is 0 Å². The van der Waals surface area contributed by atoms with Crippen LogP contribution >= 0.6 is 11.6 Å². The summed E-state index contributed by atoms with van der Waals surface area (Å²) in [5, 5.41) is 3.13. The summed E-state index contributed by atoms with van der Waals surface area (Å²) in [6.07, 6.45) is 0.862. The Morgan fingerprint density at radius 1 is 1.20 bits per heavy atom. The van der Waals surface area contributed by atoms with Crippen molar-refractivity contribution in [2.45, 2.75) is 19.4 Å². The maximum Gasteiger partial charge on any atom is 0.0487 e. The highest BCUT2D eigenvalue weighted by atomic mass is 35.5. The van der Waals surface area contributed by atoms with Gasteiger partial charge in [-0.3, -0.25) is 0 Å². The van der Waals surface area contributed by atoms with Gasteiger partial charge in [0.25, 0.3) is 0 Å². The van der Waals surface area contributed by atoms with Crippen molar-refractivity contribution < 1.29 is 0 Å². The molecule has 15 heavy (non-hydrogen) atoms. The molecule has 1 unspecified atom stereocenters. The Balaban J connectivity index is 2.63. The highest BCUT2D eigenvalue weighted by molar-refractivity contribution is 6.35. The van der Waals surface area contributed by atoms with Crippen LogP contribution in [0.15, 0.2) is 36.4 Å². The molecule has 0 aliphatic rings. The van der Waals surface area contributed by atoms with Crippen LogP contribution in [-0.2, 0) is 6.42 Å². The third-order valence-electron chi connectivity index (χ3n) is 2.48. The lowest BCUT2D eigenvalue weighted by Crippen LogP contribution is -2.17. The fourth-order valence-electron chi connectivity index (χ4n) is 1.89. The molecule has 0 saturated heterocycles. The van der Waals surface area contributed by atoms with Crippen molar-refractivity contribution in [3.63, 3.8) is 0 Å². The van der Waals surface area contributed by atoms with Crippen LogP contribution in [0.1, 0.15) is 12.5 Å². The van der Waals surface area contributed by atoms with E-state index in [0.717, 1.165) is 16.8 Å². The van der Waals surface area contributed by atoms with Gasteiger partial charge in [0.2, 0.25) is 0 Å². The molecule has 2 aromatic carbocycles. The molecule has 2 heteroatoms. The predicted octanol–water partition coefficient (Wildman–Crippen LogP) is 3.38. The molecule has 2 aromatic rings. The first kappa shape index (κ1) is 10.5. The van der Waals surface area contributed by atoms with Gasteiger partial charge in [0.05, 0.1) is 0 Å². The van der Waals surface area contributed by atoms with Gasteiger partial charge in [0.1, 0.15) is 0 Å². The topological polar surface area (TPSA) is 26.0 Å². The van der Waals surface area contributed by atoms with Crippen molar-refractivity contribution >= 4 is 22.4 Å². The number of halogens is 1. The van der Waals surface area contributed by atoms with Crippen LogP contribution in [0, 0.1) is 0 Å². The summed E-state index contributed by atoms with van der Waals surface area (Å²) in [6, 6.07) is 12.4. The van der Waals surface area contributed by atoms with E-state index in [9.17, 15) is 0 Å². The van der Waals surface area contributed by atoms with Crippen LogP contribution in [0.4, 0.5) is 0 Å². The van der Waals surface area contributed by atoms with Gasteiger partial charge in [-0.15, -0.1) is 0 Å². The molecule has 0 aliphatic heterocycles. The normalized spacial score (nSPS) is 13.0. The summed E-state index contributed by atoms with van der Waals surface area (Å²) in [7, 11) is 0. The van der Waals surface area contributed by atoms with E-state index in [1.165, 1.54) is 10.9 Å². The van der Waals surface area contributed by atoms with Crippen LogP contribution in [0.3, 0.4) is 0 Å². The predicted molar refractivity (Wildman–Crippen MR) is 66.3 cm³/mol. The van der Waals surface area contributed by atoms with Crippen LogP contribution < -0.4 is 5.73 Å². The van der Waals surface area contributed by atoms with Crippen LogP contribution in [0.5, 0.6) is 0 Å². The van der Waals surface area contributed by atoms with Crippen molar-refractivity contribution in [3.8, 4) is 0 Å². The number of fused-ring (bicyclic) bond motifs is 1. The van der Waals surface area contributed by atoms with Crippen molar-refractivity contribution in [2.75, 3.05) is 0 Å². The Morgan fingerprint density at radius 2 is 1.87 bits per heavy atom. The quantitative estimate of drug-likeness (QED) is 0.824. The third-order valence-corrected chi connectivity index (χ3v) is 2.80. The van der Waals surface area contributed by atoms with Gasteiger partial charge in [0.15, 0.2) is 0 Å². The fraction of sp³-hybridized carbons (Fsp3) is 0.231. The smallest absolute Gasteiger partial charge is 0.0487 e. The van der Waals surface area contributed by atoms with Gasteiger partial charge in [-0.05, 0) is 30.4 Å². The average molecular weight is 220 g/mol. The molecule has 1 nitrogen and oxygen atoms in total. The number of hydrogen-bond donors (Lipinski definition) is 1. The summed E-state index contributed by atoms with van der Waals surface area (Å²) in [4.78, 5) is 0. The molecule has 0 spiro atoms. The van der Waals surface area contributed by atoms with E-state index < -0.39 is 0 Å². The maximum atomic E-state index is 6.20. The third kappa shape index (κ3) is 2.14. The van der Waals surface area contributed by atoms with E-state index in [1.54, 1.807) is 0 Å². The van der Waals surface area contributed by atoms with Gasteiger partial charge < -0.3 is 5.73 Å². The number of rotatable bonds is 2. The number of nitrogens with two attached hydrogens (primary N) is 1. The minimum absolute atomic E-state index is 0.159. The molecular weight excluding hydrogens is 206 g/mol. The lowest BCUT2D eigenvalue weighted by molar-refractivity contribution is 0.742. The SMILES string of the molecule is CC(N)Cc1cccc2cccc(Cl)c12. The monoisotopic (exact) mass is 219 g/mol. The van der Waals surface area contributed by atoms with E-state index in [0.29, 0.717) is 0 Å². The van der Waals surface area contributed by atoms with Crippen molar-refractivity contribution in [3.05, 3.63) is 47.0 Å². The second-order valence-corrected chi connectivity index (χ2v) is 4.34. The first-order valence-corrected chi connectivity index (χ1v) is 5.48. The Hall–Kier alpha value is -1.05. The minimum atomic E-state index is 0.159. The van der Waals surface area contributed by atoms with E-state index in [4.69, 9.17) is 17.3 Å². The average Bonchev–Trinajstić information content (AvgIpc) is 2.17. The molecule has 0 saturated carbocycles. The molecule has 0 aliphatic carbocycles. The lowest BCUT2D eigenvalue weighted by Gasteiger charge is -2.10. The first-order valence-electron chi connectivity index (χ1n) is 5.10.